The molecule has 0 bridgehead atoms. The number of alkyl halides is 3. The minimum Gasteiger partial charge on any atom is -0.214 e. The van der Waals surface area contributed by atoms with Crippen LogP contribution in [0.3, 0.4) is 0 Å². The van der Waals surface area contributed by atoms with Crippen molar-refractivity contribution in [2.75, 3.05) is 0 Å². The summed E-state index contributed by atoms with van der Waals surface area (Å²) < 4.78 is 63.4. The zero-order chi connectivity index (χ0) is 18.9. The first-order valence-electron chi connectivity index (χ1n) is 7.07. The SMILES string of the molecule is N#Cc1ccc(S(=O)(=O)n2cnc(-c3ccc(C(F)(F)F)cc3)n2)cc1. The number of nitriles is 1. The maximum atomic E-state index is 12.6. The normalized spacial score (nSPS) is 11.9. The topological polar surface area (TPSA) is 88.6 Å². The van der Waals surface area contributed by atoms with E-state index in [2.05, 4.69) is 10.1 Å². The van der Waals surface area contributed by atoms with Crippen LogP contribution in [0.15, 0.2) is 59.8 Å². The third-order valence-electron chi connectivity index (χ3n) is 3.47. The number of rotatable bonds is 3. The van der Waals surface area contributed by atoms with Gasteiger partial charge < -0.3 is 0 Å². The lowest BCUT2D eigenvalue weighted by Crippen LogP contribution is -2.13. The van der Waals surface area contributed by atoms with Crippen molar-refractivity contribution < 1.29 is 21.6 Å². The first-order valence-corrected chi connectivity index (χ1v) is 8.51. The summed E-state index contributed by atoms with van der Waals surface area (Å²) in [5.74, 6) is -0.0315. The second-order valence-electron chi connectivity index (χ2n) is 5.16. The van der Waals surface area contributed by atoms with Crippen molar-refractivity contribution in [1.29, 1.82) is 5.26 Å². The highest BCUT2D eigenvalue weighted by molar-refractivity contribution is 7.89. The number of hydrogen-bond donors (Lipinski definition) is 0. The van der Waals surface area contributed by atoms with Gasteiger partial charge in [0.25, 0.3) is 10.0 Å². The molecule has 3 rings (SSSR count). The lowest BCUT2D eigenvalue weighted by atomic mass is 10.1. The zero-order valence-electron chi connectivity index (χ0n) is 12.8. The Hall–Kier alpha value is -3.19. The van der Waals surface area contributed by atoms with Crippen molar-refractivity contribution in [3.8, 4) is 17.5 Å². The number of aromatic nitrogens is 3. The molecular weight excluding hydrogens is 369 g/mol. The van der Waals surface area contributed by atoms with Crippen LogP contribution < -0.4 is 0 Å². The molecule has 6 nitrogen and oxygen atoms in total. The van der Waals surface area contributed by atoms with Gasteiger partial charge in [0.05, 0.1) is 22.1 Å². The molecule has 2 aromatic carbocycles. The summed E-state index contributed by atoms with van der Waals surface area (Å²) in [6, 6.07) is 11.1. The second-order valence-corrected chi connectivity index (χ2v) is 6.95. The van der Waals surface area contributed by atoms with Gasteiger partial charge in [-0.05, 0) is 36.4 Å². The molecule has 0 radical (unpaired) electrons. The molecule has 26 heavy (non-hydrogen) atoms. The summed E-state index contributed by atoms with van der Waals surface area (Å²) in [5, 5.41) is 12.6. The van der Waals surface area contributed by atoms with Crippen molar-refractivity contribution >= 4 is 10.0 Å². The van der Waals surface area contributed by atoms with Gasteiger partial charge in [0.2, 0.25) is 0 Å². The van der Waals surface area contributed by atoms with Crippen LogP contribution in [-0.4, -0.2) is 22.6 Å². The van der Waals surface area contributed by atoms with Crippen molar-refractivity contribution in [2.45, 2.75) is 11.1 Å². The minimum absolute atomic E-state index is 0.0315. The Morgan fingerprint density at radius 3 is 2.15 bits per heavy atom. The molecule has 1 heterocycles. The predicted molar refractivity (Wildman–Crippen MR) is 84.2 cm³/mol. The van der Waals surface area contributed by atoms with E-state index in [1.165, 1.54) is 24.3 Å². The van der Waals surface area contributed by atoms with Gasteiger partial charge in [-0.25, -0.2) is 4.98 Å². The van der Waals surface area contributed by atoms with Gasteiger partial charge in [0.15, 0.2) is 5.82 Å². The van der Waals surface area contributed by atoms with Crippen LogP contribution in [0.4, 0.5) is 13.2 Å². The molecule has 132 valence electrons. The zero-order valence-corrected chi connectivity index (χ0v) is 13.7. The van der Waals surface area contributed by atoms with E-state index in [0.717, 1.165) is 30.6 Å². The standard InChI is InChI=1S/C16H9F3N4O2S/c17-16(18,19)13-5-3-12(4-6-13)15-21-10-23(22-15)26(24,25)14-7-1-11(9-20)2-8-14/h1-8,10H. The molecule has 0 amide bonds. The monoisotopic (exact) mass is 378 g/mol. The van der Waals surface area contributed by atoms with Gasteiger partial charge in [0, 0.05) is 5.56 Å². The third-order valence-corrected chi connectivity index (χ3v) is 5.01. The summed E-state index contributed by atoms with van der Waals surface area (Å²) in [7, 11) is -4.03. The highest BCUT2D eigenvalue weighted by Gasteiger charge is 2.30. The van der Waals surface area contributed by atoms with Gasteiger partial charge in [-0.2, -0.15) is 26.9 Å². The molecule has 3 aromatic rings. The fraction of sp³-hybridized carbons (Fsp3) is 0.0625. The molecule has 0 unspecified atom stereocenters. The van der Waals surface area contributed by atoms with Crippen LogP contribution in [0, 0.1) is 11.3 Å². The summed E-state index contributed by atoms with van der Waals surface area (Å²) >= 11 is 0. The first-order chi connectivity index (χ1) is 12.2. The lowest BCUT2D eigenvalue weighted by molar-refractivity contribution is -0.137. The molecule has 0 saturated carbocycles. The quantitative estimate of drug-likeness (QED) is 0.699. The summed E-state index contributed by atoms with van der Waals surface area (Å²) in [5.41, 5.74) is -0.286. The highest BCUT2D eigenvalue weighted by atomic mass is 32.2. The predicted octanol–water partition coefficient (Wildman–Crippen LogP) is 3.07. The molecule has 0 spiro atoms. The van der Waals surface area contributed by atoms with E-state index in [4.69, 9.17) is 5.26 Å². The van der Waals surface area contributed by atoms with Crippen molar-refractivity contribution in [3.05, 3.63) is 66.0 Å². The van der Waals surface area contributed by atoms with Gasteiger partial charge in [-0.15, -0.1) is 9.19 Å². The van der Waals surface area contributed by atoms with Crippen LogP contribution in [0.1, 0.15) is 11.1 Å². The van der Waals surface area contributed by atoms with Crippen molar-refractivity contribution in [1.82, 2.24) is 14.2 Å². The van der Waals surface area contributed by atoms with E-state index < -0.39 is 21.8 Å². The summed E-state index contributed by atoms with van der Waals surface area (Å²) in [4.78, 5) is 3.75. The van der Waals surface area contributed by atoms with Gasteiger partial charge >= 0.3 is 6.18 Å². The molecular formula is C16H9F3N4O2S. The van der Waals surface area contributed by atoms with Crippen molar-refractivity contribution in [3.63, 3.8) is 0 Å². The fourth-order valence-corrected chi connectivity index (χ4v) is 3.17. The molecule has 1 aromatic heterocycles. The molecule has 0 aliphatic rings. The van der Waals surface area contributed by atoms with E-state index in [0.29, 0.717) is 9.65 Å². The van der Waals surface area contributed by atoms with E-state index in [9.17, 15) is 21.6 Å². The molecule has 10 heteroatoms. The third kappa shape index (κ3) is 3.29. The minimum atomic E-state index is -4.47. The van der Waals surface area contributed by atoms with E-state index >= 15 is 0 Å². The number of benzene rings is 2. The summed E-state index contributed by atoms with van der Waals surface area (Å²) in [6.07, 6.45) is -3.51. The maximum absolute atomic E-state index is 12.6. The number of halogens is 3. The van der Waals surface area contributed by atoms with E-state index in [-0.39, 0.29) is 16.3 Å². The molecule has 0 aliphatic carbocycles. The molecule has 0 fully saturated rings. The van der Waals surface area contributed by atoms with Crippen LogP contribution in [-0.2, 0) is 16.2 Å². The van der Waals surface area contributed by atoms with Gasteiger partial charge in [-0.1, -0.05) is 12.1 Å². The van der Waals surface area contributed by atoms with Crippen LogP contribution >= 0.6 is 0 Å². The Morgan fingerprint density at radius 2 is 1.62 bits per heavy atom. The lowest BCUT2D eigenvalue weighted by Gasteiger charge is -2.06. The largest absolute Gasteiger partial charge is 0.416 e. The Kier molecular flexibility index (Phi) is 4.25. The Balaban J connectivity index is 1.92. The van der Waals surface area contributed by atoms with E-state index in [1.807, 2.05) is 6.07 Å². The molecule has 0 atom stereocenters. The smallest absolute Gasteiger partial charge is 0.214 e. The van der Waals surface area contributed by atoms with Gasteiger partial charge in [-0.3, -0.25) is 0 Å². The van der Waals surface area contributed by atoms with Crippen LogP contribution in [0.2, 0.25) is 0 Å². The Bertz CT molecular complexity index is 1080. The fourth-order valence-electron chi connectivity index (χ4n) is 2.11. The molecule has 0 N–H and O–H groups in total. The Morgan fingerprint density at radius 1 is 1.00 bits per heavy atom. The Labute approximate surface area is 146 Å². The average Bonchev–Trinajstić information content (AvgIpc) is 3.12. The highest BCUT2D eigenvalue weighted by Crippen LogP contribution is 2.30. The van der Waals surface area contributed by atoms with Crippen molar-refractivity contribution in [2.24, 2.45) is 0 Å². The first kappa shape index (κ1) is 17.6. The average molecular weight is 378 g/mol. The summed E-state index contributed by atoms with van der Waals surface area (Å²) in [6.45, 7) is 0. The van der Waals surface area contributed by atoms with E-state index in [1.54, 1.807) is 0 Å². The molecule has 0 aliphatic heterocycles. The van der Waals surface area contributed by atoms with Crippen LogP contribution in [0.25, 0.3) is 11.4 Å². The van der Waals surface area contributed by atoms with Crippen LogP contribution in [0.5, 0.6) is 0 Å². The number of nitrogens with zero attached hydrogens (tertiary/aromatic N) is 4. The van der Waals surface area contributed by atoms with Gasteiger partial charge in [0.1, 0.15) is 6.33 Å². The molecule has 0 saturated heterocycles. The maximum Gasteiger partial charge on any atom is 0.416 e. The number of hydrogen-bond acceptors (Lipinski definition) is 5. The second kappa shape index (κ2) is 6.27.